The first-order valence-electron chi connectivity index (χ1n) is 5.33. The summed E-state index contributed by atoms with van der Waals surface area (Å²) in [7, 11) is 0. The van der Waals surface area contributed by atoms with Gasteiger partial charge in [-0.05, 0) is 36.8 Å². The fourth-order valence-electron chi connectivity index (χ4n) is 1.62. The first kappa shape index (κ1) is 11.2. The summed E-state index contributed by atoms with van der Waals surface area (Å²) in [5, 5.41) is 3.46. The van der Waals surface area contributed by atoms with Gasteiger partial charge in [-0.2, -0.15) is 0 Å². The Labute approximate surface area is 105 Å². The zero-order valence-electron chi connectivity index (χ0n) is 9.15. The Morgan fingerprint density at radius 2 is 1.56 bits per heavy atom. The number of benzene rings is 2. The second-order valence-electron chi connectivity index (χ2n) is 3.78. The molecule has 2 rings (SSSR count). The lowest BCUT2D eigenvalue weighted by atomic mass is 10.1. The van der Waals surface area contributed by atoms with Crippen molar-refractivity contribution in [3.05, 3.63) is 64.6 Å². The maximum Gasteiger partial charge on any atom is 0.0485 e. The summed E-state index contributed by atoms with van der Waals surface area (Å²) in [4.78, 5) is 0. The second-order valence-corrected chi connectivity index (χ2v) is 4.70. The first-order valence-corrected chi connectivity index (χ1v) is 6.12. The Kier molecular flexibility index (Phi) is 3.62. The van der Waals surface area contributed by atoms with E-state index in [0.717, 1.165) is 10.2 Å². The molecule has 1 atom stereocenters. The molecular formula is C14H14BrN. The molecule has 0 unspecified atom stereocenters. The Morgan fingerprint density at radius 3 is 2.19 bits per heavy atom. The molecule has 0 aliphatic rings. The summed E-state index contributed by atoms with van der Waals surface area (Å²) in [5.41, 5.74) is 2.44. The number of nitrogens with one attached hydrogen (secondary N) is 1. The van der Waals surface area contributed by atoms with Crippen LogP contribution in [0.4, 0.5) is 5.69 Å². The topological polar surface area (TPSA) is 12.0 Å². The average Bonchev–Trinajstić information content (AvgIpc) is 2.33. The van der Waals surface area contributed by atoms with Crippen LogP contribution in [0.1, 0.15) is 18.5 Å². The molecule has 0 aliphatic heterocycles. The molecular weight excluding hydrogens is 262 g/mol. The fraction of sp³-hybridized carbons (Fsp3) is 0.143. The third-order valence-corrected chi connectivity index (χ3v) is 3.06. The molecule has 0 aliphatic carbocycles. The Bertz CT molecular complexity index is 436. The van der Waals surface area contributed by atoms with E-state index in [9.17, 15) is 0 Å². The van der Waals surface area contributed by atoms with E-state index in [-0.39, 0.29) is 0 Å². The third-order valence-electron chi connectivity index (χ3n) is 2.53. The maximum absolute atomic E-state index is 3.46. The van der Waals surface area contributed by atoms with E-state index in [1.54, 1.807) is 0 Å². The van der Waals surface area contributed by atoms with Gasteiger partial charge in [0.1, 0.15) is 0 Å². The highest BCUT2D eigenvalue weighted by Crippen LogP contribution is 2.20. The zero-order chi connectivity index (χ0) is 11.4. The SMILES string of the molecule is C[C@H](Nc1ccc(Br)cc1)c1ccccc1. The van der Waals surface area contributed by atoms with Crippen molar-refractivity contribution in [1.82, 2.24) is 0 Å². The molecule has 0 spiro atoms. The molecule has 0 radical (unpaired) electrons. The smallest absolute Gasteiger partial charge is 0.0485 e. The van der Waals surface area contributed by atoms with E-state index < -0.39 is 0 Å². The fourth-order valence-corrected chi connectivity index (χ4v) is 1.89. The van der Waals surface area contributed by atoms with Crippen molar-refractivity contribution in [1.29, 1.82) is 0 Å². The minimum atomic E-state index is 0.322. The highest BCUT2D eigenvalue weighted by atomic mass is 79.9. The zero-order valence-corrected chi connectivity index (χ0v) is 10.7. The lowest BCUT2D eigenvalue weighted by Crippen LogP contribution is -2.05. The minimum Gasteiger partial charge on any atom is -0.379 e. The number of halogens is 1. The summed E-state index contributed by atoms with van der Waals surface area (Å²) in [6, 6.07) is 19.0. The van der Waals surface area contributed by atoms with E-state index in [1.165, 1.54) is 5.56 Å². The molecule has 1 N–H and O–H groups in total. The van der Waals surface area contributed by atoms with Crippen LogP contribution in [0.5, 0.6) is 0 Å². The Morgan fingerprint density at radius 1 is 0.938 bits per heavy atom. The van der Waals surface area contributed by atoms with E-state index in [4.69, 9.17) is 0 Å². The van der Waals surface area contributed by atoms with Crippen molar-refractivity contribution < 1.29 is 0 Å². The number of rotatable bonds is 3. The van der Waals surface area contributed by atoms with Crippen LogP contribution < -0.4 is 5.32 Å². The van der Waals surface area contributed by atoms with E-state index in [0.29, 0.717) is 6.04 Å². The van der Waals surface area contributed by atoms with Crippen molar-refractivity contribution in [2.45, 2.75) is 13.0 Å². The van der Waals surface area contributed by atoms with E-state index >= 15 is 0 Å². The predicted octanol–water partition coefficient (Wildman–Crippen LogP) is 4.62. The van der Waals surface area contributed by atoms with Crippen LogP contribution in [-0.2, 0) is 0 Å². The van der Waals surface area contributed by atoms with Gasteiger partial charge in [-0.1, -0.05) is 46.3 Å². The Balaban J connectivity index is 2.08. The number of hydrogen-bond acceptors (Lipinski definition) is 1. The van der Waals surface area contributed by atoms with Crippen molar-refractivity contribution in [3.8, 4) is 0 Å². The van der Waals surface area contributed by atoms with Gasteiger partial charge in [0.25, 0.3) is 0 Å². The minimum absolute atomic E-state index is 0.322. The van der Waals surface area contributed by atoms with Gasteiger partial charge in [0, 0.05) is 16.2 Å². The van der Waals surface area contributed by atoms with Crippen LogP contribution in [0.25, 0.3) is 0 Å². The normalized spacial score (nSPS) is 12.1. The van der Waals surface area contributed by atoms with Crippen LogP contribution in [0.3, 0.4) is 0 Å². The molecule has 2 aromatic rings. The van der Waals surface area contributed by atoms with Crippen LogP contribution in [0, 0.1) is 0 Å². The lowest BCUT2D eigenvalue weighted by molar-refractivity contribution is 0.885. The predicted molar refractivity (Wildman–Crippen MR) is 72.6 cm³/mol. The molecule has 0 bridgehead atoms. The summed E-state index contributed by atoms with van der Waals surface area (Å²) >= 11 is 3.43. The second kappa shape index (κ2) is 5.17. The summed E-state index contributed by atoms with van der Waals surface area (Å²) in [5.74, 6) is 0. The monoisotopic (exact) mass is 275 g/mol. The number of anilines is 1. The molecule has 0 saturated heterocycles. The standard InChI is InChI=1S/C14H14BrN/c1-11(12-5-3-2-4-6-12)16-14-9-7-13(15)8-10-14/h2-11,16H,1H3/t11-/m0/s1. The van der Waals surface area contributed by atoms with Gasteiger partial charge in [-0.15, -0.1) is 0 Å². The summed E-state index contributed by atoms with van der Waals surface area (Å²) in [6.07, 6.45) is 0. The maximum atomic E-state index is 3.46. The van der Waals surface area contributed by atoms with Crippen LogP contribution in [0.15, 0.2) is 59.1 Å². The molecule has 2 heteroatoms. The van der Waals surface area contributed by atoms with E-state index in [1.807, 2.05) is 18.2 Å². The lowest BCUT2D eigenvalue weighted by Gasteiger charge is -2.15. The van der Waals surface area contributed by atoms with Crippen molar-refractivity contribution in [2.24, 2.45) is 0 Å². The Hall–Kier alpha value is -1.28. The third kappa shape index (κ3) is 2.86. The van der Waals surface area contributed by atoms with Crippen LogP contribution in [0.2, 0.25) is 0 Å². The van der Waals surface area contributed by atoms with Gasteiger partial charge < -0.3 is 5.32 Å². The molecule has 0 saturated carbocycles. The molecule has 0 fully saturated rings. The summed E-state index contributed by atoms with van der Waals surface area (Å²) in [6.45, 7) is 2.16. The highest BCUT2D eigenvalue weighted by Gasteiger charge is 2.03. The molecule has 0 aromatic heterocycles. The highest BCUT2D eigenvalue weighted by molar-refractivity contribution is 9.10. The average molecular weight is 276 g/mol. The molecule has 0 amide bonds. The van der Waals surface area contributed by atoms with Crippen LogP contribution >= 0.6 is 15.9 Å². The van der Waals surface area contributed by atoms with Gasteiger partial charge in [0.15, 0.2) is 0 Å². The van der Waals surface area contributed by atoms with E-state index in [2.05, 4.69) is 64.6 Å². The van der Waals surface area contributed by atoms with Crippen molar-refractivity contribution in [2.75, 3.05) is 5.32 Å². The van der Waals surface area contributed by atoms with Gasteiger partial charge >= 0.3 is 0 Å². The van der Waals surface area contributed by atoms with Crippen LogP contribution in [-0.4, -0.2) is 0 Å². The van der Waals surface area contributed by atoms with Gasteiger partial charge in [-0.3, -0.25) is 0 Å². The molecule has 2 aromatic carbocycles. The molecule has 82 valence electrons. The first-order chi connectivity index (χ1) is 7.75. The quantitative estimate of drug-likeness (QED) is 0.862. The molecule has 1 nitrogen and oxygen atoms in total. The van der Waals surface area contributed by atoms with Gasteiger partial charge in [0.2, 0.25) is 0 Å². The van der Waals surface area contributed by atoms with Crippen molar-refractivity contribution in [3.63, 3.8) is 0 Å². The summed E-state index contributed by atoms with van der Waals surface area (Å²) < 4.78 is 1.10. The molecule has 16 heavy (non-hydrogen) atoms. The van der Waals surface area contributed by atoms with Gasteiger partial charge in [0.05, 0.1) is 0 Å². The molecule has 0 heterocycles. The largest absolute Gasteiger partial charge is 0.379 e. The van der Waals surface area contributed by atoms with Crippen molar-refractivity contribution >= 4 is 21.6 Å². The van der Waals surface area contributed by atoms with Gasteiger partial charge in [-0.25, -0.2) is 0 Å². The number of hydrogen-bond donors (Lipinski definition) is 1.